The van der Waals surface area contributed by atoms with E-state index in [0.717, 1.165) is 25.9 Å². The van der Waals surface area contributed by atoms with Gasteiger partial charge in [0.1, 0.15) is 0 Å². The molecule has 0 bridgehead atoms. The number of aryl methyl sites for hydroxylation is 1. The molecule has 0 aromatic carbocycles. The van der Waals surface area contributed by atoms with Gasteiger partial charge in [0.15, 0.2) is 0 Å². The summed E-state index contributed by atoms with van der Waals surface area (Å²) in [4.78, 5) is 19.5. The third kappa shape index (κ3) is 4.05. The lowest BCUT2D eigenvalue weighted by Crippen LogP contribution is -2.36. The van der Waals surface area contributed by atoms with Crippen LogP contribution in [0, 0.1) is 0 Å². The number of amides is 1. The Morgan fingerprint density at radius 2 is 2.32 bits per heavy atom. The molecule has 3 rings (SSSR count). The van der Waals surface area contributed by atoms with E-state index in [-0.39, 0.29) is 5.91 Å². The summed E-state index contributed by atoms with van der Waals surface area (Å²) in [6.07, 6.45) is 2.24. The summed E-state index contributed by atoms with van der Waals surface area (Å²) in [6, 6.07) is 4.12. The Morgan fingerprint density at radius 1 is 1.45 bits per heavy atom. The summed E-state index contributed by atoms with van der Waals surface area (Å²) in [5, 5.41) is 11.7. The van der Waals surface area contributed by atoms with Crippen molar-refractivity contribution >= 4 is 29.1 Å². The smallest absolute Gasteiger partial charge is 0.246 e. The number of ether oxygens (including phenoxy) is 1. The van der Waals surface area contributed by atoms with Crippen molar-refractivity contribution in [3.63, 3.8) is 0 Å². The number of nitrogens with one attached hydrogen (secondary N) is 2. The standard InChI is InChI=1S/C14H19N5O2S/c20-12(5-1-3-11-4-2-10-22-11)15-13-16-14(18-17-13)19-6-8-21-9-7-19/h2,4,10H,1,3,5-9H2,(H2,15,16,17,18,20). The highest BCUT2D eigenvalue weighted by Gasteiger charge is 2.16. The fourth-order valence-corrected chi connectivity index (χ4v) is 3.04. The number of hydrogen-bond acceptors (Lipinski definition) is 6. The molecule has 1 aliphatic heterocycles. The highest BCUT2D eigenvalue weighted by atomic mass is 32.1. The van der Waals surface area contributed by atoms with Crippen molar-refractivity contribution in [2.24, 2.45) is 0 Å². The molecule has 22 heavy (non-hydrogen) atoms. The van der Waals surface area contributed by atoms with Crippen LogP contribution < -0.4 is 10.2 Å². The second kappa shape index (κ2) is 7.37. The Bertz CT molecular complexity index is 592. The van der Waals surface area contributed by atoms with Crippen molar-refractivity contribution < 1.29 is 9.53 Å². The monoisotopic (exact) mass is 321 g/mol. The second-order valence-electron chi connectivity index (χ2n) is 5.06. The maximum absolute atomic E-state index is 11.9. The maximum Gasteiger partial charge on any atom is 0.246 e. The summed E-state index contributed by atoms with van der Waals surface area (Å²) in [5.41, 5.74) is 0. The zero-order valence-electron chi connectivity index (χ0n) is 12.2. The largest absolute Gasteiger partial charge is 0.378 e. The maximum atomic E-state index is 11.9. The van der Waals surface area contributed by atoms with Crippen molar-refractivity contribution in [3.8, 4) is 0 Å². The van der Waals surface area contributed by atoms with E-state index in [0.29, 0.717) is 31.5 Å². The number of nitrogens with zero attached hydrogens (tertiary/aromatic N) is 3. The predicted octanol–water partition coefficient (Wildman–Crippen LogP) is 1.66. The molecule has 0 spiro atoms. The van der Waals surface area contributed by atoms with E-state index >= 15 is 0 Å². The van der Waals surface area contributed by atoms with E-state index in [1.165, 1.54) is 4.88 Å². The molecule has 7 nitrogen and oxygen atoms in total. The topological polar surface area (TPSA) is 83.1 Å². The van der Waals surface area contributed by atoms with Gasteiger partial charge >= 0.3 is 0 Å². The molecule has 2 aromatic heterocycles. The minimum absolute atomic E-state index is 0.0405. The molecule has 3 heterocycles. The molecule has 0 radical (unpaired) electrons. The first-order valence-electron chi connectivity index (χ1n) is 7.38. The summed E-state index contributed by atoms with van der Waals surface area (Å²) in [5.74, 6) is 0.973. The minimum atomic E-state index is -0.0405. The van der Waals surface area contributed by atoms with Crippen LogP contribution >= 0.6 is 11.3 Å². The Balaban J connectivity index is 1.44. The molecular formula is C14H19N5O2S. The van der Waals surface area contributed by atoms with Crippen LogP contribution in [-0.2, 0) is 16.0 Å². The second-order valence-corrected chi connectivity index (χ2v) is 6.10. The van der Waals surface area contributed by atoms with Crippen LogP contribution in [0.15, 0.2) is 17.5 Å². The molecule has 0 saturated carbocycles. The molecular weight excluding hydrogens is 302 g/mol. The Labute approximate surface area is 132 Å². The molecule has 0 atom stereocenters. The van der Waals surface area contributed by atoms with E-state index in [1.807, 2.05) is 11.0 Å². The van der Waals surface area contributed by atoms with Gasteiger partial charge < -0.3 is 9.64 Å². The van der Waals surface area contributed by atoms with Gasteiger partial charge in [-0.3, -0.25) is 10.1 Å². The number of morpholine rings is 1. The van der Waals surface area contributed by atoms with E-state index in [9.17, 15) is 4.79 Å². The van der Waals surface area contributed by atoms with Gasteiger partial charge in [0.05, 0.1) is 13.2 Å². The van der Waals surface area contributed by atoms with Gasteiger partial charge in [0, 0.05) is 24.4 Å². The summed E-state index contributed by atoms with van der Waals surface area (Å²) >= 11 is 1.72. The number of aromatic amines is 1. The number of carbonyl (C=O) groups excluding carboxylic acids is 1. The van der Waals surface area contributed by atoms with Crippen LogP contribution in [0.2, 0.25) is 0 Å². The molecule has 8 heteroatoms. The number of rotatable bonds is 6. The van der Waals surface area contributed by atoms with Crippen molar-refractivity contribution in [2.75, 3.05) is 36.5 Å². The van der Waals surface area contributed by atoms with Crippen molar-refractivity contribution in [1.82, 2.24) is 15.2 Å². The fraction of sp³-hybridized carbons (Fsp3) is 0.500. The highest BCUT2D eigenvalue weighted by molar-refractivity contribution is 7.09. The number of H-pyrrole nitrogens is 1. The van der Waals surface area contributed by atoms with Crippen LogP contribution in [0.1, 0.15) is 17.7 Å². The predicted molar refractivity (Wildman–Crippen MR) is 85.3 cm³/mol. The molecule has 1 amide bonds. The molecule has 1 fully saturated rings. The number of aromatic nitrogens is 3. The summed E-state index contributed by atoms with van der Waals surface area (Å²) in [7, 11) is 0. The van der Waals surface area contributed by atoms with Gasteiger partial charge in [-0.2, -0.15) is 4.98 Å². The normalized spacial score (nSPS) is 15.0. The van der Waals surface area contributed by atoms with Gasteiger partial charge in [-0.1, -0.05) is 6.07 Å². The lowest BCUT2D eigenvalue weighted by atomic mass is 10.2. The molecule has 1 saturated heterocycles. The van der Waals surface area contributed by atoms with Crippen molar-refractivity contribution in [2.45, 2.75) is 19.3 Å². The van der Waals surface area contributed by atoms with Crippen LogP contribution in [0.5, 0.6) is 0 Å². The first kappa shape index (κ1) is 15.0. The van der Waals surface area contributed by atoms with Crippen molar-refractivity contribution in [1.29, 1.82) is 0 Å². The van der Waals surface area contributed by atoms with E-state index < -0.39 is 0 Å². The van der Waals surface area contributed by atoms with Gasteiger partial charge in [-0.05, 0) is 24.3 Å². The zero-order valence-corrected chi connectivity index (χ0v) is 13.1. The number of carbonyl (C=O) groups is 1. The average molecular weight is 321 g/mol. The first-order valence-corrected chi connectivity index (χ1v) is 8.26. The lowest BCUT2D eigenvalue weighted by Gasteiger charge is -2.25. The van der Waals surface area contributed by atoms with Crippen LogP contribution in [0.25, 0.3) is 0 Å². The number of thiophene rings is 1. The van der Waals surface area contributed by atoms with Crippen LogP contribution in [0.3, 0.4) is 0 Å². The van der Waals surface area contributed by atoms with Gasteiger partial charge in [0.2, 0.25) is 17.8 Å². The highest BCUT2D eigenvalue weighted by Crippen LogP contribution is 2.14. The quantitative estimate of drug-likeness (QED) is 0.845. The van der Waals surface area contributed by atoms with E-state index in [4.69, 9.17) is 4.74 Å². The first-order chi connectivity index (χ1) is 10.8. The van der Waals surface area contributed by atoms with Gasteiger partial charge in [0.25, 0.3) is 0 Å². The summed E-state index contributed by atoms with van der Waals surface area (Å²) < 4.78 is 5.29. The third-order valence-electron chi connectivity index (χ3n) is 3.43. The molecule has 118 valence electrons. The Kier molecular flexibility index (Phi) is 5.02. The van der Waals surface area contributed by atoms with Crippen LogP contribution in [0.4, 0.5) is 11.9 Å². The number of anilines is 2. The van der Waals surface area contributed by atoms with Crippen LogP contribution in [-0.4, -0.2) is 47.4 Å². The minimum Gasteiger partial charge on any atom is -0.378 e. The molecule has 0 unspecified atom stereocenters. The zero-order chi connectivity index (χ0) is 15.2. The average Bonchev–Trinajstić information content (AvgIpc) is 3.20. The van der Waals surface area contributed by atoms with Crippen molar-refractivity contribution in [3.05, 3.63) is 22.4 Å². The van der Waals surface area contributed by atoms with E-state index in [2.05, 4.69) is 31.9 Å². The van der Waals surface area contributed by atoms with Gasteiger partial charge in [-0.15, -0.1) is 16.4 Å². The molecule has 2 aromatic rings. The molecule has 1 aliphatic rings. The Hall–Kier alpha value is -1.93. The molecule has 2 N–H and O–H groups in total. The third-order valence-corrected chi connectivity index (χ3v) is 4.37. The van der Waals surface area contributed by atoms with Gasteiger partial charge in [-0.25, -0.2) is 5.10 Å². The van der Waals surface area contributed by atoms with E-state index in [1.54, 1.807) is 11.3 Å². The SMILES string of the molecule is O=C(CCCc1cccs1)Nc1nc(N2CCOCC2)n[nH]1. The summed E-state index contributed by atoms with van der Waals surface area (Å²) in [6.45, 7) is 2.90. The molecule has 0 aliphatic carbocycles. The Morgan fingerprint density at radius 3 is 3.09 bits per heavy atom. The fourth-order valence-electron chi connectivity index (χ4n) is 2.29. The number of hydrogen-bond donors (Lipinski definition) is 2. The lowest BCUT2D eigenvalue weighted by molar-refractivity contribution is -0.116.